The fraction of sp³-hybridized carbons (Fsp3) is 0.750. The van der Waals surface area contributed by atoms with Crippen LogP contribution in [0.3, 0.4) is 0 Å². The Labute approximate surface area is 102 Å². The summed E-state index contributed by atoms with van der Waals surface area (Å²) in [6, 6.07) is 0. The summed E-state index contributed by atoms with van der Waals surface area (Å²) in [4.78, 5) is 4.64. The maximum absolute atomic E-state index is 6.18. The molecule has 0 bridgehead atoms. The van der Waals surface area contributed by atoms with Gasteiger partial charge in [0.25, 0.3) is 0 Å². The molecule has 1 aromatic heterocycles. The molecule has 0 aliphatic rings. The van der Waals surface area contributed by atoms with Crippen molar-refractivity contribution in [2.24, 2.45) is 5.73 Å². The molecular weight excluding hydrogens is 220 g/mol. The molecular formula is C12H22N2OS. The minimum atomic E-state index is -0.336. The summed E-state index contributed by atoms with van der Waals surface area (Å²) in [5, 5.41) is 3.06. The van der Waals surface area contributed by atoms with Crippen molar-refractivity contribution >= 4 is 11.3 Å². The fourth-order valence-electron chi connectivity index (χ4n) is 1.34. The SMILES string of the molecule is CCC(C)(N)c1csc(C(C)(CC)OC)n1. The van der Waals surface area contributed by atoms with E-state index in [0.29, 0.717) is 0 Å². The second-order valence-corrected chi connectivity index (χ2v) is 5.46. The third kappa shape index (κ3) is 2.44. The molecule has 1 heterocycles. The Balaban J connectivity index is 3.03. The number of thiazole rings is 1. The summed E-state index contributed by atoms with van der Waals surface area (Å²) in [6.45, 7) is 8.26. The zero-order valence-electron chi connectivity index (χ0n) is 10.8. The van der Waals surface area contributed by atoms with E-state index in [1.165, 1.54) is 0 Å². The van der Waals surface area contributed by atoms with Crippen molar-refractivity contribution in [3.05, 3.63) is 16.1 Å². The van der Waals surface area contributed by atoms with Crippen molar-refractivity contribution in [3.8, 4) is 0 Å². The monoisotopic (exact) mass is 242 g/mol. The van der Waals surface area contributed by atoms with Crippen molar-refractivity contribution in [2.45, 2.75) is 51.7 Å². The average molecular weight is 242 g/mol. The summed E-state index contributed by atoms with van der Waals surface area (Å²) in [7, 11) is 1.73. The van der Waals surface area contributed by atoms with Crippen LogP contribution in [0.1, 0.15) is 51.2 Å². The second kappa shape index (κ2) is 4.82. The standard InChI is InChI=1S/C12H22N2OS/c1-6-11(3,13)9-8-16-10(14-9)12(4,7-2)15-5/h8H,6-7,13H2,1-5H3. The lowest BCUT2D eigenvalue weighted by Crippen LogP contribution is -2.33. The average Bonchev–Trinajstić information content (AvgIpc) is 2.78. The molecule has 0 aliphatic heterocycles. The number of methoxy groups -OCH3 is 1. The normalized spacial score (nSPS) is 19.1. The van der Waals surface area contributed by atoms with Crippen LogP contribution in [0.25, 0.3) is 0 Å². The Hall–Kier alpha value is -0.450. The highest BCUT2D eigenvalue weighted by Gasteiger charge is 2.30. The molecule has 1 aromatic rings. The minimum absolute atomic E-state index is 0.285. The summed E-state index contributed by atoms with van der Waals surface area (Å²) in [5.74, 6) is 0. The summed E-state index contributed by atoms with van der Waals surface area (Å²) >= 11 is 1.63. The number of hydrogen-bond acceptors (Lipinski definition) is 4. The van der Waals surface area contributed by atoms with E-state index in [1.54, 1.807) is 18.4 Å². The number of nitrogens with two attached hydrogens (primary N) is 1. The molecule has 2 N–H and O–H groups in total. The van der Waals surface area contributed by atoms with Gasteiger partial charge in [0.15, 0.2) is 0 Å². The molecule has 16 heavy (non-hydrogen) atoms. The molecule has 92 valence electrons. The molecule has 0 radical (unpaired) electrons. The molecule has 3 nitrogen and oxygen atoms in total. The number of hydrogen-bond donors (Lipinski definition) is 1. The third-order valence-corrected chi connectivity index (χ3v) is 4.49. The molecule has 2 unspecified atom stereocenters. The van der Waals surface area contributed by atoms with Crippen LogP contribution in [0.5, 0.6) is 0 Å². The van der Waals surface area contributed by atoms with Gasteiger partial charge in [-0.3, -0.25) is 0 Å². The largest absolute Gasteiger partial charge is 0.371 e. The highest BCUT2D eigenvalue weighted by atomic mass is 32.1. The van der Waals surface area contributed by atoms with E-state index in [4.69, 9.17) is 10.5 Å². The quantitative estimate of drug-likeness (QED) is 0.863. The van der Waals surface area contributed by atoms with Crippen LogP contribution in [0.2, 0.25) is 0 Å². The van der Waals surface area contributed by atoms with Crippen molar-refractivity contribution in [2.75, 3.05) is 7.11 Å². The third-order valence-electron chi connectivity index (χ3n) is 3.40. The summed E-state index contributed by atoms with van der Waals surface area (Å²) in [5.41, 5.74) is 6.52. The van der Waals surface area contributed by atoms with Gasteiger partial charge in [-0.25, -0.2) is 4.98 Å². The number of nitrogens with zero attached hydrogens (tertiary/aromatic N) is 1. The van der Waals surface area contributed by atoms with Gasteiger partial charge in [-0.15, -0.1) is 11.3 Å². The molecule has 0 saturated heterocycles. The molecule has 0 saturated carbocycles. The molecule has 0 amide bonds. The molecule has 0 spiro atoms. The minimum Gasteiger partial charge on any atom is -0.371 e. The van der Waals surface area contributed by atoms with Crippen LogP contribution < -0.4 is 5.73 Å². The predicted octanol–water partition coefficient (Wildman–Crippen LogP) is 3.00. The molecule has 1 rings (SSSR count). The van der Waals surface area contributed by atoms with Crippen molar-refractivity contribution in [1.29, 1.82) is 0 Å². The van der Waals surface area contributed by atoms with Gasteiger partial charge >= 0.3 is 0 Å². The van der Waals surface area contributed by atoms with E-state index >= 15 is 0 Å². The molecule has 4 heteroatoms. The van der Waals surface area contributed by atoms with Gasteiger partial charge in [0.05, 0.1) is 11.2 Å². The summed E-state index contributed by atoms with van der Waals surface area (Å²) < 4.78 is 5.54. The topological polar surface area (TPSA) is 48.1 Å². The smallest absolute Gasteiger partial charge is 0.125 e. The predicted molar refractivity (Wildman–Crippen MR) is 68.6 cm³/mol. The first-order valence-electron chi connectivity index (χ1n) is 5.70. The van der Waals surface area contributed by atoms with Gasteiger partial charge < -0.3 is 10.5 Å². The lowest BCUT2D eigenvalue weighted by Gasteiger charge is -2.24. The van der Waals surface area contributed by atoms with Crippen molar-refractivity contribution in [3.63, 3.8) is 0 Å². The van der Waals surface area contributed by atoms with Crippen molar-refractivity contribution < 1.29 is 4.74 Å². The Morgan fingerprint density at radius 2 is 2.00 bits per heavy atom. The van der Waals surface area contributed by atoms with Crippen LogP contribution >= 0.6 is 11.3 Å². The number of ether oxygens (including phenoxy) is 1. The first-order valence-corrected chi connectivity index (χ1v) is 6.58. The van der Waals surface area contributed by atoms with Crippen molar-refractivity contribution in [1.82, 2.24) is 4.98 Å². The zero-order chi connectivity index (χ0) is 12.4. The van der Waals surface area contributed by atoms with E-state index in [-0.39, 0.29) is 11.1 Å². The highest BCUT2D eigenvalue weighted by molar-refractivity contribution is 7.09. The second-order valence-electron chi connectivity index (χ2n) is 4.60. The maximum atomic E-state index is 6.18. The first-order chi connectivity index (χ1) is 7.39. The number of aromatic nitrogens is 1. The summed E-state index contributed by atoms with van der Waals surface area (Å²) in [6.07, 6.45) is 1.79. The van der Waals surface area contributed by atoms with Crippen LogP contribution in [0.15, 0.2) is 5.38 Å². The van der Waals surface area contributed by atoms with E-state index in [1.807, 2.05) is 12.3 Å². The van der Waals surface area contributed by atoms with Gasteiger partial charge in [-0.05, 0) is 26.7 Å². The fourth-order valence-corrected chi connectivity index (χ4v) is 2.52. The van der Waals surface area contributed by atoms with Gasteiger partial charge in [0.1, 0.15) is 10.6 Å². The van der Waals surface area contributed by atoms with Gasteiger partial charge in [-0.2, -0.15) is 0 Å². The lowest BCUT2D eigenvalue weighted by molar-refractivity contribution is -0.00177. The Morgan fingerprint density at radius 1 is 1.38 bits per heavy atom. The van der Waals surface area contributed by atoms with Crippen LogP contribution in [-0.4, -0.2) is 12.1 Å². The lowest BCUT2D eigenvalue weighted by atomic mass is 9.97. The van der Waals surface area contributed by atoms with E-state index < -0.39 is 0 Å². The molecule has 0 aromatic carbocycles. The molecule has 0 fully saturated rings. The van der Waals surface area contributed by atoms with E-state index in [9.17, 15) is 0 Å². The Kier molecular flexibility index (Phi) is 4.10. The maximum Gasteiger partial charge on any atom is 0.125 e. The van der Waals surface area contributed by atoms with Crippen LogP contribution in [-0.2, 0) is 15.9 Å². The van der Waals surface area contributed by atoms with Crippen LogP contribution in [0.4, 0.5) is 0 Å². The highest BCUT2D eigenvalue weighted by Crippen LogP contribution is 2.33. The van der Waals surface area contributed by atoms with Gasteiger partial charge in [-0.1, -0.05) is 13.8 Å². The first kappa shape index (κ1) is 13.6. The van der Waals surface area contributed by atoms with Crippen LogP contribution in [0, 0.1) is 0 Å². The van der Waals surface area contributed by atoms with E-state index in [0.717, 1.165) is 23.5 Å². The Bertz CT molecular complexity index is 343. The van der Waals surface area contributed by atoms with Gasteiger partial charge in [0, 0.05) is 12.5 Å². The zero-order valence-corrected chi connectivity index (χ0v) is 11.6. The molecule has 2 atom stereocenters. The Morgan fingerprint density at radius 3 is 2.44 bits per heavy atom. The van der Waals surface area contributed by atoms with Gasteiger partial charge in [0.2, 0.25) is 0 Å². The number of rotatable bonds is 5. The molecule has 0 aliphatic carbocycles. The van der Waals surface area contributed by atoms with E-state index in [2.05, 4.69) is 25.8 Å².